The van der Waals surface area contributed by atoms with Crippen molar-refractivity contribution in [3.05, 3.63) is 0 Å². The number of carboxylic acid groups (broad SMARTS) is 1. The molecule has 0 aromatic rings. The van der Waals surface area contributed by atoms with Gasteiger partial charge in [-0.1, -0.05) is 90.9 Å². The largest absolute Gasteiger partial charge is 1.00 e. The molecule has 0 heterocycles. The summed E-state index contributed by atoms with van der Waals surface area (Å²) in [5.74, 6) is -0.364. The third kappa shape index (κ3) is 36.3. The van der Waals surface area contributed by atoms with Crippen LogP contribution in [0.15, 0.2) is 4.99 Å². The summed E-state index contributed by atoms with van der Waals surface area (Å²) in [6, 6.07) is 0. The van der Waals surface area contributed by atoms with Crippen molar-refractivity contribution in [2.24, 2.45) is 22.4 Å². The molecule has 0 unspecified atom stereocenters. The molecule has 0 rings (SSSR count). The summed E-state index contributed by atoms with van der Waals surface area (Å²) in [5, 5.41) is 7.94. The van der Waals surface area contributed by atoms with Crippen molar-refractivity contribution in [2.45, 2.75) is 104 Å². The summed E-state index contributed by atoms with van der Waals surface area (Å²) in [6.45, 7) is 4.28. The zero-order valence-corrected chi connectivity index (χ0v) is 20.6. The van der Waals surface area contributed by atoms with Crippen LogP contribution in [0.2, 0.25) is 0 Å². The quantitative estimate of drug-likeness (QED) is 0.111. The zero-order valence-electron chi connectivity index (χ0n) is 19.6. The average molecular weight is 410 g/mol. The molecule has 0 spiro atoms. The van der Waals surface area contributed by atoms with E-state index in [1.54, 1.807) is 0 Å². The Morgan fingerprint density at radius 2 is 1.29 bits per heavy atom. The maximum absolute atomic E-state index is 10.1. The Bertz CT molecular complexity index is 380. The minimum atomic E-state index is -1.04. The van der Waals surface area contributed by atoms with Crippen LogP contribution in [-0.4, -0.2) is 29.9 Å². The average Bonchev–Trinajstić information content (AvgIpc) is 2.60. The Morgan fingerprint density at radius 3 is 1.57 bits per heavy atom. The second kappa shape index (κ2) is 26.4. The number of guanidine groups is 1. The number of unbranched alkanes of at least 4 members (excludes halogenated alkanes) is 12. The molecule has 0 radical (unpaired) electrons. The van der Waals surface area contributed by atoms with Gasteiger partial charge in [-0.3, -0.25) is 4.79 Å². The fourth-order valence-electron chi connectivity index (χ4n) is 2.71. The van der Waals surface area contributed by atoms with Gasteiger partial charge in [-0.15, -0.1) is 0 Å². The van der Waals surface area contributed by atoms with Gasteiger partial charge in [-0.25, -0.2) is 4.99 Å². The van der Waals surface area contributed by atoms with Gasteiger partial charge in [-0.05, 0) is 12.3 Å². The molecular weight excluding hydrogens is 365 g/mol. The molecule has 7 heteroatoms. The molecule has 0 aromatic heterocycles. The Balaban J connectivity index is -0.000000267. The van der Waals surface area contributed by atoms with Crippen molar-refractivity contribution in [3.63, 3.8) is 0 Å². The first kappa shape index (κ1) is 32.1. The summed E-state index contributed by atoms with van der Waals surface area (Å²) in [4.78, 5) is 23.0. The molecule has 0 aromatic carbocycles. The maximum atomic E-state index is 10.1. The van der Waals surface area contributed by atoms with E-state index in [4.69, 9.17) is 16.6 Å². The number of aldehydes is 1. The minimum absolute atomic E-state index is 0. The fraction of sp³-hybridized carbons (Fsp3) is 0.857. The molecule has 0 saturated heterocycles. The van der Waals surface area contributed by atoms with Crippen LogP contribution in [0.1, 0.15) is 105 Å². The van der Waals surface area contributed by atoms with E-state index in [9.17, 15) is 9.59 Å². The molecule has 0 atom stereocenters. The smallest absolute Gasteiger partial charge is 1.00 e. The van der Waals surface area contributed by atoms with E-state index >= 15 is 0 Å². The predicted octanol–water partition coefficient (Wildman–Crippen LogP) is 1.76. The number of aliphatic imine (C=N–C) groups is 1. The second-order valence-electron chi connectivity index (χ2n) is 7.52. The van der Waals surface area contributed by atoms with Gasteiger partial charge in [0, 0.05) is 6.42 Å². The van der Waals surface area contributed by atoms with E-state index in [1.807, 2.05) is 0 Å². The van der Waals surface area contributed by atoms with E-state index in [0.717, 1.165) is 25.0 Å². The molecule has 0 fully saturated rings. The second-order valence-corrected chi connectivity index (χ2v) is 7.52. The Hall–Kier alpha value is -0.590. The number of carboxylic acids is 1. The third-order valence-electron chi connectivity index (χ3n) is 4.25. The van der Waals surface area contributed by atoms with E-state index in [-0.39, 0.29) is 43.5 Å². The van der Waals surface area contributed by atoms with E-state index in [0.29, 0.717) is 0 Å². The normalized spacial score (nSPS) is 9.82. The topological polar surface area (TPSA) is 119 Å². The van der Waals surface area contributed by atoms with Crippen LogP contribution in [-0.2, 0) is 9.59 Å². The van der Waals surface area contributed by atoms with Gasteiger partial charge in [0.05, 0.1) is 0 Å². The van der Waals surface area contributed by atoms with Crippen LogP contribution in [0.3, 0.4) is 0 Å². The summed E-state index contributed by atoms with van der Waals surface area (Å²) >= 11 is 0. The van der Waals surface area contributed by atoms with Crippen LogP contribution in [0.25, 0.3) is 0 Å². The summed E-state index contributed by atoms with van der Waals surface area (Å²) in [7, 11) is 0. The van der Waals surface area contributed by atoms with E-state index in [2.05, 4.69) is 18.8 Å². The monoisotopic (exact) mass is 409 g/mol. The number of hydrogen-bond donors (Lipinski definition) is 3. The van der Waals surface area contributed by atoms with Crippen molar-refractivity contribution < 1.29 is 45.7 Å². The fourth-order valence-corrected chi connectivity index (χ4v) is 2.71. The van der Waals surface area contributed by atoms with Crippen LogP contribution >= 0.6 is 0 Å². The number of hydrogen-bond acceptors (Lipinski definition) is 3. The Morgan fingerprint density at radius 1 is 0.893 bits per heavy atom. The number of nitrogens with zero attached hydrogens (tertiary/aromatic N) is 1. The molecule has 0 bridgehead atoms. The van der Waals surface area contributed by atoms with Gasteiger partial charge in [0.2, 0.25) is 0 Å². The number of rotatable bonds is 17. The van der Waals surface area contributed by atoms with Gasteiger partial charge in [0.25, 0.3) is 0 Å². The van der Waals surface area contributed by atoms with Crippen LogP contribution in [0.4, 0.5) is 0 Å². The van der Waals surface area contributed by atoms with Crippen molar-refractivity contribution >= 4 is 18.2 Å². The van der Waals surface area contributed by atoms with Crippen LogP contribution in [0, 0.1) is 5.92 Å². The zero-order chi connectivity index (χ0) is 20.8. The number of aliphatic carboxylic acids is 1. The molecule has 6 nitrogen and oxygen atoms in total. The van der Waals surface area contributed by atoms with E-state index in [1.165, 1.54) is 77.0 Å². The number of carbonyl (C=O) groups is 2. The van der Waals surface area contributed by atoms with Crippen molar-refractivity contribution in [2.75, 3.05) is 6.54 Å². The standard InChI is InChI=1S/C18H36O.C3H7N3O2.Na.H/c1-18(2)16-14-12-10-8-6-4-3-5-7-9-11-13-15-17-19;4-3(5)6-1-2(7)8;;/h17-18H,3-16H2,1-2H3;1H2,(H,7,8)(H4,4,5,6);;/q;;+1;-1. The molecule has 5 N–H and O–H groups in total. The van der Waals surface area contributed by atoms with E-state index < -0.39 is 5.97 Å². The first-order valence-corrected chi connectivity index (χ1v) is 10.6. The van der Waals surface area contributed by atoms with Gasteiger partial charge in [-0.2, -0.15) is 0 Å². The molecular formula is C21H44N3NaO3. The van der Waals surface area contributed by atoms with Crippen molar-refractivity contribution in [1.29, 1.82) is 0 Å². The van der Waals surface area contributed by atoms with Crippen molar-refractivity contribution in [1.82, 2.24) is 0 Å². The number of carbonyl (C=O) groups excluding carboxylic acids is 1. The third-order valence-corrected chi connectivity index (χ3v) is 4.25. The maximum Gasteiger partial charge on any atom is 1.00 e. The minimum Gasteiger partial charge on any atom is -1.00 e. The molecule has 0 aliphatic rings. The number of nitrogens with two attached hydrogens (primary N) is 2. The Labute approximate surface area is 196 Å². The summed E-state index contributed by atoms with van der Waals surface area (Å²) in [5.41, 5.74) is 9.61. The van der Waals surface area contributed by atoms with Crippen LogP contribution in [0.5, 0.6) is 0 Å². The van der Waals surface area contributed by atoms with Gasteiger partial charge < -0.3 is 22.8 Å². The van der Waals surface area contributed by atoms with Crippen LogP contribution < -0.4 is 41.0 Å². The first-order chi connectivity index (χ1) is 12.9. The van der Waals surface area contributed by atoms with Crippen molar-refractivity contribution in [3.8, 4) is 0 Å². The molecule has 0 saturated carbocycles. The first-order valence-electron chi connectivity index (χ1n) is 10.6. The van der Waals surface area contributed by atoms with Gasteiger partial charge >= 0.3 is 35.5 Å². The molecule has 0 aliphatic heterocycles. The summed E-state index contributed by atoms with van der Waals surface area (Å²) < 4.78 is 0. The molecule has 0 amide bonds. The molecule has 28 heavy (non-hydrogen) atoms. The van der Waals surface area contributed by atoms with Gasteiger partial charge in [0.15, 0.2) is 5.96 Å². The van der Waals surface area contributed by atoms with Gasteiger partial charge in [0.1, 0.15) is 12.8 Å². The Kier molecular flexibility index (Phi) is 30.3. The molecule has 162 valence electrons. The SMILES string of the molecule is CC(C)CCCCCCCCCCCCCCC=O.NC(N)=NCC(=O)O.[H-].[Na+]. The molecule has 0 aliphatic carbocycles. The predicted molar refractivity (Wildman–Crippen MR) is 115 cm³/mol. The summed E-state index contributed by atoms with van der Waals surface area (Å²) in [6.07, 6.45) is 19.7.